The first-order valence-corrected chi connectivity index (χ1v) is 2.63. The first-order valence-electron chi connectivity index (χ1n) is 2.63. The van der Waals surface area contributed by atoms with E-state index in [2.05, 4.69) is 10.5 Å². The molecule has 2 N–H and O–H groups in total. The maximum Gasteiger partial charge on any atom is 0.349 e. The Bertz CT molecular complexity index is 138. The second kappa shape index (κ2) is 2.92. The van der Waals surface area contributed by atoms with Crippen molar-refractivity contribution >= 4 is 5.91 Å². The van der Waals surface area contributed by atoms with Gasteiger partial charge >= 0.3 is 5.92 Å². The van der Waals surface area contributed by atoms with E-state index >= 15 is 0 Å². The molecule has 0 fully saturated rings. The Morgan fingerprint density at radius 1 is 1.70 bits per heavy atom. The molecule has 1 atom stereocenters. The van der Waals surface area contributed by atoms with E-state index in [9.17, 15) is 13.6 Å². The highest BCUT2D eigenvalue weighted by molar-refractivity contribution is 5.82. The van der Waals surface area contributed by atoms with Crippen LogP contribution in [0.15, 0.2) is 0 Å². The van der Waals surface area contributed by atoms with Crippen LogP contribution < -0.4 is 5.73 Å². The summed E-state index contributed by atoms with van der Waals surface area (Å²) < 4.78 is 28.9. The minimum absolute atomic E-state index is 1.07. The molecule has 0 bridgehead atoms. The number of hydrogen-bond acceptors (Lipinski definition) is 2. The molecule has 0 saturated heterocycles. The Balaban J connectivity index is 4.23. The predicted octanol–water partition coefficient (Wildman–Crippen LogP) is 0.142. The molecule has 0 aliphatic rings. The number of alkyl halides is 2. The third kappa shape index (κ3) is 1.63. The fraction of sp³-hybridized carbons (Fsp3) is 0.800. The molecule has 1 unspecified atom stereocenters. The Morgan fingerprint density at radius 2 is 2.10 bits per heavy atom. The summed E-state index contributed by atoms with van der Waals surface area (Å²) in [6, 6.07) is 0. The Kier molecular flexibility index (Phi) is 2.71. The highest BCUT2D eigenvalue weighted by Gasteiger charge is 2.43. The number of primary amides is 1. The van der Waals surface area contributed by atoms with Crippen molar-refractivity contribution in [3.05, 3.63) is 0 Å². The zero-order chi connectivity index (χ0) is 8.36. The molecular weight excluding hydrogens is 144 g/mol. The van der Waals surface area contributed by atoms with E-state index in [-0.39, 0.29) is 0 Å². The van der Waals surface area contributed by atoms with Gasteiger partial charge in [0.1, 0.15) is 6.10 Å². The Labute approximate surface area is 57.1 Å². The zero-order valence-corrected chi connectivity index (χ0v) is 5.73. The molecule has 10 heavy (non-hydrogen) atoms. The first kappa shape index (κ1) is 9.29. The summed E-state index contributed by atoms with van der Waals surface area (Å²) in [7, 11) is 1.08. The van der Waals surface area contributed by atoms with Gasteiger partial charge in [-0.2, -0.15) is 8.78 Å². The normalized spacial score (nSPS) is 14.8. The molecule has 0 radical (unpaired) electrons. The largest absolute Gasteiger partial charge is 0.375 e. The maximum atomic E-state index is 12.3. The fourth-order valence-corrected chi connectivity index (χ4v) is 0.348. The number of carbonyl (C=O) groups is 1. The van der Waals surface area contributed by atoms with Crippen LogP contribution in [0.4, 0.5) is 8.78 Å². The molecular formula is C5H9F2NO2. The molecule has 0 aromatic rings. The Morgan fingerprint density at radius 3 is 2.20 bits per heavy atom. The average molecular weight is 153 g/mol. The summed E-state index contributed by atoms with van der Waals surface area (Å²) >= 11 is 0. The van der Waals surface area contributed by atoms with Crippen LogP contribution in [0, 0.1) is 0 Å². The number of amides is 1. The summed E-state index contributed by atoms with van der Waals surface area (Å²) in [5.41, 5.74) is 4.38. The minimum Gasteiger partial charge on any atom is -0.375 e. The van der Waals surface area contributed by atoms with Gasteiger partial charge in [-0.05, 0) is 6.92 Å². The van der Waals surface area contributed by atoms with Crippen molar-refractivity contribution < 1.29 is 18.3 Å². The molecule has 0 aliphatic carbocycles. The van der Waals surface area contributed by atoms with Gasteiger partial charge in [0.2, 0.25) is 0 Å². The highest BCUT2D eigenvalue weighted by atomic mass is 19.3. The highest BCUT2D eigenvalue weighted by Crippen LogP contribution is 2.19. The molecule has 0 spiro atoms. The summed E-state index contributed by atoms with van der Waals surface area (Å²) in [6.45, 7) is 1.07. The topological polar surface area (TPSA) is 52.3 Å². The molecule has 0 heterocycles. The van der Waals surface area contributed by atoms with Gasteiger partial charge in [-0.1, -0.05) is 0 Å². The van der Waals surface area contributed by atoms with Crippen molar-refractivity contribution in [1.29, 1.82) is 0 Å². The smallest absolute Gasteiger partial charge is 0.349 e. The average Bonchev–Trinajstić information content (AvgIpc) is 1.86. The van der Waals surface area contributed by atoms with Gasteiger partial charge in [0.25, 0.3) is 5.91 Å². The third-order valence-electron chi connectivity index (χ3n) is 1.19. The van der Waals surface area contributed by atoms with Crippen LogP contribution in [0.2, 0.25) is 0 Å². The molecule has 0 saturated carbocycles. The van der Waals surface area contributed by atoms with Crippen LogP contribution in [0.25, 0.3) is 0 Å². The second-order valence-corrected chi connectivity index (χ2v) is 1.87. The molecule has 3 nitrogen and oxygen atoms in total. The van der Waals surface area contributed by atoms with Crippen LogP contribution in [0.1, 0.15) is 6.92 Å². The minimum atomic E-state index is -3.57. The van der Waals surface area contributed by atoms with E-state index in [1.165, 1.54) is 0 Å². The van der Waals surface area contributed by atoms with E-state index in [1.54, 1.807) is 0 Å². The molecule has 0 aliphatic heterocycles. The molecule has 5 heteroatoms. The number of ether oxygens (including phenoxy) is 1. The molecule has 60 valence electrons. The lowest BCUT2D eigenvalue weighted by Gasteiger charge is -2.18. The van der Waals surface area contributed by atoms with Crippen molar-refractivity contribution in [2.75, 3.05) is 7.11 Å². The molecule has 1 amide bonds. The van der Waals surface area contributed by atoms with E-state index in [4.69, 9.17) is 0 Å². The van der Waals surface area contributed by atoms with Gasteiger partial charge in [0.15, 0.2) is 0 Å². The predicted molar refractivity (Wildman–Crippen MR) is 30.6 cm³/mol. The van der Waals surface area contributed by atoms with Gasteiger partial charge in [-0.25, -0.2) is 0 Å². The summed E-state index contributed by atoms with van der Waals surface area (Å²) in [5, 5.41) is 0. The van der Waals surface area contributed by atoms with Crippen LogP contribution in [0.5, 0.6) is 0 Å². The summed E-state index contributed by atoms with van der Waals surface area (Å²) in [5.74, 6) is -5.24. The SMILES string of the molecule is COC(C)C(F)(F)C(N)=O. The van der Waals surface area contributed by atoms with Crippen molar-refractivity contribution in [3.8, 4) is 0 Å². The van der Waals surface area contributed by atoms with Gasteiger partial charge < -0.3 is 10.5 Å². The van der Waals surface area contributed by atoms with Crippen LogP contribution in [0.3, 0.4) is 0 Å². The zero-order valence-electron chi connectivity index (χ0n) is 5.73. The summed E-state index contributed by atoms with van der Waals surface area (Å²) in [6.07, 6.45) is -1.47. The van der Waals surface area contributed by atoms with Gasteiger partial charge in [-0.15, -0.1) is 0 Å². The molecule has 0 aromatic carbocycles. The number of rotatable bonds is 3. The lowest BCUT2D eigenvalue weighted by molar-refractivity contribution is -0.161. The van der Waals surface area contributed by atoms with E-state index in [0.29, 0.717) is 0 Å². The van der Waals surface area contributed by atoms with Crippen molar-refractivity contribution in [2.24, 2.45) is 5.73 Å². The third-order valence-corrected chi connectivity index (χ3v) is 1.19. The quantitative estimate of drug-likeness (QED) is 0.627. The standard InChI is InChI=1S/C5H9F2NO2/c1-3(10-2)5(6,7)4(8)9/h3H,1-2H3,(H2,8,9). The number of nitrogens with two attached hydrogens (primary N) is 1. The number of hydrogen-bond donors (Lipinski definition) is 1. The lowest BCUT2D eigenvalue weighted by atomic mass is 10.2. The van der Waals surface area contributed by atoms with E-state index in [1.807, 2.05) is 0 Å². The second-order valence-electron chi connectivity index (χ2n) is 1.87. The van der Waals surface area contributed by atoms with Crippen LogP contribution in [-0.4, -0.2) is 25.0 Å². The summed E-state index contributed by atoms with van der Waals surface area (Å²) in [4.78, 5) is 10.0. The van der Waals surface area contributed by atoms with Gasteiger partial charge in [0, 0.05) is 7.11 Å². The van der Waals surface area contributed by atoms with Crippen molar-refractivity contribution in [1.82, 2.24) is 0 Å². The van der Waals surface area contributed by atoms with Crippen molar-refractivity contribution in [3.63, 3.8) is 0 Å². The van der Waals surface area contributed by atoms with Crippen LogP contribution >= 0.6 is 0 Å². The van der Waals surface area contributed by atoms with Gasteiger partial charge in [0.05, 0.1) is 0 Å². The van der Waals surface area contributed by atoms with Gasteiger partial charge in [-0.3, -0.25) is 4.79 Å². The van der Waals surface area contributed by atoms with E-state index < -0.39 is 17.9 Å². The maximum absolute atomic E-state index is 12.3. The molecule has 0 rings (SSSR count). The number of carbonyl (C=O) groups excluding carboxylic acids is 1. The van der Waals surface area contributed by atoms with E-state index in [0.717, 1.165) is 14.0 Å². The monoisotopic (exact) mass is 153 g/mol. The first-order chi connectivity index (χ1) is 4.42. The number of halogens is 2. The Hall–Kier alpha value is -0.710. The lowest BCUT2D eigenvalue weighted by Crippen LogP contribution is -2.45. The fourth-order valence-electron chi connectivity index (χ4n) is 0.348. The molecule has 0 aromatic heterocycles. The van der Waals surface area contributed by atoms with Crippen molar-refractivity contribution in [2.45, 2.75) is 19.0 Å². The van der Waals surface area contributed by atoms with Crippen LogP contribution in [-0.2, 0) is 9.53 Å². The number of methoxy groups -OCH3 is 1.